The maximum atomic E-state index is 7.10. The van der Waals surface area contributed by atoms with Gasteiger partial charge in [-0.15, -0.1) is 0 Å². The molecule has 104 valence electrons. The van der Waals surface area contributed by atoms with E-state index in [1.807, 2.05) is 24.3 Å². The largest absolute Gasteiger partial charge is 0.310 e. The Bertz CT molecular complexity index is 827. The fourth-order valence-corrected chi connectivity index (χ4v) is 3.05. The van der Waals surface area contributed by atoms with E-state index in [-0.39, 0.29) is 0 Å². The van der Waals surface area contributed by atoms with Crippen molar-refractivity contribution in [3.8, 4) is 0 Å². The van der Waals surface area contributed by atoms with Gasteiger partial charge in [-0.1, -0.05) is 48.5 Å². The summed E-state index contributed by atoms with van der Waals surface area (Å²) in [5.41, 5.74) is 6.86. The molecule has 22 heavy (non-hydrogen) atoms. The number of nitrogens with zero attached hydrogens (tertiary/aromatic N) is 2. The molecule has 0 fully saturated rings. The summed E-state index contributed by atoms with van der Waals surface area (Å²) < 4.78 is 0. The Labute approximate surface area is 130 Å². The molecule has 0 bridgehead atoms. The van der Waals surface area contributed by atoms with E-state index in [2.05, 4.69) is 58.3 Å². The highest BCUT2D eigenvalue weighted by atomic mass is 15.2. The van der Waals surface area contributed by atoms with Crippen LogP contribution in [0.1, 0.15) is 11.1 Å². The van der Waals surface area contributed by atoms with Crippen LogP contribution in [0.4, 0.5) is 22.7 Å². The van der Waals surface area contributed by atoms with Crippen molar-refractivity contribution in [1.82, 2.24) is 0 Å². The van der Waals surface area contributed by atoms with Gasteiger partial charge in [-0.2, -0.15) is 0 Å². The van der Waals surface area contributed by atoms with Crippen molar-refractivity contribution in [2.24, 2.45) is 0 Å². The average Bonchev–Trinajstić information content (AvgIpc) is 2.60. The van der Waals surface area contributed by atoms with Gasteiger partial charge >= 0.3 is 0 Å². The van der Waals surface area contributed by atoms with Gasteiger partial charge < -0.3 is 4.90 Å². The zero-order valence-electron chi connectivity index (χ0n) is 12.0. The van der Waals surface area contributed by atoms with Gasteiger partial charge in [0.25, 0.3) is 0 Å². The minimum Gasteiger partial charge on any atom is -0.310 e. The summed E-state index contributed by atoms with van der Waals surface area (Å²) >= 11 is 0. The minimum atomic E-state index is 0.669. The molecule has 0 saturated carbocycles. The number of para-hydroxylation sites is 2. The highest BCUT2D eigenvalue weighted by Gasteiger charge is 2.22. The molecule has 0 unspecified atom stereocenters. The SMILES string of the molecule is [C-]#[N+]c1ccc(N2c3ccccc3Cc3ccccc32)cc1. The van der Waals surface area contributed by atoms with Crippen LogP contribution in [0.15, 0.2) is 72.8 Å². The molecule has 0 spiro atoms. The van der Waals surface area contributed by atoms with Crippen molar-refractivity contribution < 1.29 is 0 Å². The summed E-state index contributed by atoms with van der Waals surface area (Å²) in [5.74, 6) is 0. The zero-order valence-corrected chi connectivity index (χ0v) is 12.0. The van der Waals surface area contributed by atoms with E-state index in [0.717, 1.165) is 12.1 Å². The molecule has 0 aromatic heterocycles. The molecule has 0 atom stereocenters. The normalized spacial score (nSPS) is 12.2. The monoisotopic (exact) mass is 282 g/mol. The van der Waals surface area contributed by atoms with Gasteiger partial charge in [-0.05, 0) is 35.4 Å². The lowest BCUT2D eigenvalue weighted by atomic mass is 9.95. The lowest BCUT2D eigenvalue weighted by Gasteiger charge is -2.33. The molecular formula is C20H14N2. The molecule has 1 aliphatic heterocycles. The highest BCUT2D eigenvalue weighted by Crippen LogP contribution is 2.43. The van der Waals surface area contributed by atoms with Gasteiger partial charge in [0.05, 0.1) is 6.57 Å². The number of hydrogen-bond donors (Lipinski definition) is 0. The van der Waals surface area contributed by atoms with Crippen LogP contribution in [0.25, 0.3) is 4.85 Å². The van der Waals surface area contributed by atoms with E-state index in [4.69, 9.17) is 6.57 Å². The molecule has 3 aromatic carbocycles. The molecule has 0 saturated heterocycles. The second kappa shape index (κ2) is 5.05. The minimum absolute atomic E-state index is 0.669. The fourth-order valence-electron chi connectivity index (χ4n) is 3.05. The second-order valence-corrected chi connectivity index (χ2v) is 5.40. The zero-order chi connectivity index (χ0) is 14.9. The third kappa shape index (κ3) is 1.96. The Hall–Kier alpha value is -3.05. The van der Waals surface area contributed by atoms with Gasteiger partial charge in [-0.25, -0.2) is 4.85 Å². The molecular weight excluding hydrogens is 268 g/mol. The maximum Gasteiger partial charge on any atom is 0.187 e. The van der Waals surface area contributed by atoms with Gasteiger partial charge in [-0.3, -0.25) is 0 Å². The summed E-state index contributed by atoms with van der Waals surface area (Å²) in [5, 5.41) is 0. The van der Waals surface area contributed by atoms with Crippen LogP contribution in [0.3, 0.4) is 0 Å². The summed E-state index contributed by atoms with van der Waals surface area (Å²) in [6.07, 6.45) is 0.961. The van der Waals surface area contributed by atoms with Crippen molar-refractivity contribution in [2.45, 2.75) is 6.42 Å². The predicted molar refractivity (Wildman–Crippen MR) is 90.2 cm³/mol. The predicted octanol–water partition coefficient (Wildman–Crippen LogP) is 5.61. The summed E-state index contributed by atoms with van der Waals surface area (Å²) in [4.78, 5) is 5.76. The first-order valence-corrected chi connectivity index (χ1v) is 7.30. The molecule has 1 heterocycles. The Morgan fingerprint density at radius 2 is 1.27 bits per heavy atom. The average molecular weight is 282 g/mol. The third-order valence-corrected chi connectivity index (χ3v) is 4.08. The van der Waals surface area contributed by atoms with E-state index in [1.54, 1.807) is 0 Å². The Balaban J connectivity index is 1.92. The number of fused-ring (bicyclic) bond motifs is 2. The van der Waals surface area contributed by atoms with Crippen molar-refractivity contribution in [3.05, 3.63) is 95.3 Å². The molecule has 0 amide bonds. The van der Waals surface area contributed by atoms with Crippen molar-refractivity contribution in [1.29, 1.82) is 0 Å². The Morgan fingerprint density at radius 1 is 0.727 bits per heavy atom. The first-order chi connectivity index (χ1) is 10.9. The van der Waals surface area contributed by atoms with E-state index < -0.39 is 0 Å². The van der Waals surface area contributed by atoms with Crippen LogP contribution in [0.2, 0.25) is 0 Å². The molecule has 2 nitrogen and oxygen atoms in total. The molecule has 0 aliphatic carbocycles. The highest BCUT2D eigenvalue weighted by molar-refractivity contribution is 5.83. The van der Waals surface area contributed by atoms with E-state index in [9.17, 15) is 0 Å². The van der Waals surface area contributed by atoms with Crippen LogP contribution < -0.4 is 4.90 Å². The topological polar surface area (TPSA) is 7.60 Å². The summed E-state index contributed by atoms with van der Waals surface area (Å²) in [7, 11) is 0. The lowest BCUT2D eigenvalue weighted by molar-refractivity contribution is 1.09. The molecule has 0 radical (unpaired) electrons. The van der Waals surface area contributed by atoms with Crippen molar-refractivity contribution >= 4 is 22.7 Å². The fraction of sp³-hybridized carbons (Fsp3) is 0.0500. The quantitative estimate of drug-likeness (QED) is 0.412. The maximum absolute atomic E-state index is 7.10. The first-order valence-electron chi connectivity index (χ1n) is 7.30. The summed E-state index contributed by atoms with van der Waals surface area (Å²) in [6.45, 7) is 7.10. The molecule has 3 aromatic rings. The number of hydrogen-bond acceptors (Lipinski definition) is 1. The van der Waals surface area contributed by atoms with Crippen molar-refractivity contribution in [2.75, 3.05) is 4.90 Å². The number of benzene rings is 3. The van der Waals surface area contributed by atoms with Crippen LogP contribution in [-0.4, -0.2) is 0 Å². The molecule has 2 heteroatoms. The molecule has 1 aliphatic rings. The van der Waals surface area contributed by atoms with E-state index in [0.29, 0.717) is 5.69 Å². The molecule has 0 N–H and O–H groups in total. The first kappa shape index (κ1) is 12.7. The third-order valence-electron chi connectivity index (χ3n) is 4.08. The smallest absolute Gasteiger partial charge is 0.187 e. The Morgan fingerprint density at radius 3 is 1.82 bits per heavy atom. The second-order valence-electron chi connectivity index (χ2n) is 5.40. The van der Waals surface area contributed by atoms with Gasteiger partial charge in [0.1, 0.15) is 0 Å². The van der Waals surface area contributed by atoms with Crippen LogP contribution in [0, 0.1) is 6.57 Å². The lowest BCUT2D eigenvalue weighted by Crippen LogP contribution is -2.18. The van der Waals surface area contributed by atoms with Gasteiger partial charge in [0.15, 0.2) is 5.69 Å². The van der Waals surface area contributed by atoms with Crippen molar-refractivity contribution in [3.63, 3.8) is 0 Å². The van der Waals surface area contributed by atoms with Gasteiger partial charge in [0, 0.05) is 23.5 Å². The summed E-state index contributed by atoms with van der Waals surface area (Å²) in [6, 6.07) is 24.8. The molecule has 4 rings (SSSR count). The van der Waals surface area contributed by atoms with Crippen LogP contribution in [-0.2, 0) is 6.42 Å². The Kier molecular flexibility index (Phi) is 2.91. The van der Waals surface area contributed by atoms with E-state index in [1.165, 1.54) is 22.5 Å². The standard InChI is InChI=1S/C20H14N2/c1-21-17-10-12-18(13-11-17)22-19-8-4-2-6-15(19)14-16-7-3-5-9-20(16)22/h2-13H,14H2. The van der Waals surface area contributed by atoms with Crippen LogP contribution >= 0.6 is 0 Å². The van der Waals surface area contributed by atoms with Crippen LogP contribution in [0.5, 0.6) is 0 Å². The number of rotatable bonds is 1. The van der Waals surface area contributed by atoms with E-state index >= 15 is 0 Å². The van der Waals surface area contributed by atoms with Gasteiger partial charge in [0.2, 0.25) is 0 Å². The number of anilines is 3.